The third-order valence-corrected chi connectivity index (χ3v) is 6.99. The van der Waals surface area contributed by atoms with Crippen molar-refractivity contribution in [1.29, 1.82) is 0 Å². The first-order valence-corrected chi connectivity index (χ1v) is 12.4. The van der Waals surface area contributed by atoms with Crippen molar-refractivity contribution in [2.45, 2.75) is 18.0 Å². The molecule has 0 bridgehead atoms. The van der Waals surface area contributed by atoms with Crippen LogP contribution in [0.4, 0.5) is 15.8 Å². The van der Waals surface area contributed by atoms with Crippen LogP contribution in [0.2, 0.25) is 10.0 Å². The minimum absolute atomic E-state index is 0.0993. The lowest BCUT2D eigenvalue weighted by Gasteiger charge is -2.33. The maximum atomic E-state index is 15.3. The molecule has 3 N–H and O–H groups in total. The third-order valence-electron chi connectivity index (χ3n) is 6.46. The first kappa shape index (κ1) is 26.9. The molecule has 0 aliphatic carbocycles. The number of hydrogen-bond donors (Lipinski definition) is 3. The molecule has 3 aromatic carbocycles. The SMILES string of the molecule is CN(C)c1cccc(C(=O)N(CO)C2CNC(C(=O)Nc3cccc(Cl)c3)C2c2cccc(Cl)c2F)c1. The van der Waals surface area contributed by atoms with E-state index in [1.54, 1.807) is 48.5 Å². The highest BCUT2D eigenvalue weighted by molar-refractivity contribution is 6.31. The molecule has 194 valence electrons. The summed E-state index contributed by atoms with van der Waals surface area (Å²) in [7, 11) is 3.71. The van der Waals surface area contributed by atoms with Gasteiger partial charge >= 0.3 is 0 Å². The van der Waals surface area contributed by atoms with E-state index >= 15 is 4.39 Å². The van der Waals surface area contributed by atoms with Gasteiger partial charge in [0.1, 0.15) is 12.5 Å². The van der Waals surface area contributed by atoms with Gasteiger partial charge in [0.05, 0.1) is 17.1 Å². The number of aliphatic hydroxyl groups excluding tert-OH is 1. The van der Waals surface area contributed by atoms with Crippen molar-refractivity contribution in [3.05, 3.63) is 93.7 Å². The fourth-order valence-electron chi connectivity index (χ4n) is 4.64. The van der Waals surface area contributed by atoms with Gasteiger partial charge in [0.15, 0.2) is 0 Å². The van der Waals surface area contributed by atoms with Crippen molar-refractivity contribution in [2.24, 2.45) is 0 Å². The molecule has 4 rings (SSSR count). The lowest BCUT2D eigenvalue weighted by Crippen LogP contribution is -2.46. The summed E-state index contributed by atoms with van der Waals surface area (Å²) in [5.74, 6) is -2.40. The van der Waals surface area contributed by atoms with Gasteiger partial charge in [-0.15, -0.1) is 0 Å². The van der Waals surface area contributed by atoms with Gasteiger partial charge in [0.25, 0.3) is 5.91 Å². The number of carbonyl (C=O) groups excluding carboxylic acids is 2. The monoisotopic (exact) mass is 544 g/mol. The number of carbonyl (C=O) groups is 2. The molecule has 1 fully saturated rings. The first-order chi connectivity index (χ1) is 17.7. The van der Waals surface area contributed by atoms with Crippen molar-refractivity contribution in [3.63, 3.8) is 0 Å². The van der Waals surface area contributed by atoms with Crippen LogP contribution in [0.3, 0.4) is 0 Å². The zero-order chi connectivity index (χ0) is 26.7. The summed E-state index contributed by atoms with van der Waals surface area (Å²) < 4.78 is 15.3. The summed E-state index contributed by atoms with van der Waals surface area (Å²) in [5.41, 5.74) is 1.81. The fourth-order valence-corrected chi connectivity index (χ4v) is 5.01. The van der Waals surface area contributed by atoms with Crippen molar-refractivity contribution in [3.8, 4) is 0 Å². The minimum Gasteiger partial charge on any atom is -0.378 e. The number of nitrogens with one attached hydrogen (secondary N) is 2. The summed E-state index contributed by atoms with van der Waals surface area (Å²) in [4.78, 5) is 30.0. The molecule has 0 aromatic heterocycles. The number of rotatable bonds is 7. The lowest BCUT2D eigenvalue weighted by molar-refractivity contribution is -0.118. The van der Waals surface area contributed by atoms with Crippen molar-refractivity contribution < 1.29 is 19.1 Å². The van der Waals surface area contributed by atoms with Gasteiger partial charge in [-0.1, -0.05) is 47.5 Å². The van der Waals surface area contributed by atoms with Crippen molar-refractivity contribution >= 4 is 46.4 Å². The van der Waals surface area contributed by atoms with E-state index in [0.717, 1.165) is 5.69 Å². The van der Waals surface area contributed by atoms with E-state index < -0.39 is 42.4 Å². The second-order valence-electron chi connectivity index (χ2n) is 8.98. The Labute approximate surface area is 224 Å². The standard InChI is InChI=1S/C27H27Cl2FN4O3/c1-33(2)19-9-3-6-16(12-19)27(37)34(15-35)22-14-31-25(23(22)20-10-5-11-21(29)24(20)30)26(36)32-18-8-4-7-17(28)13-18/h3-13,22-23,25,31,35H,14-15H2,1-2H3,(H,32,36). The van der Waals surface area contributed by atoms with Crippen LogP contribution < -0.4 is 15.5 Å². The Bertz CT molecular complexity index is 1310. The zero-order valence-electron chi connectivity index (χ0n) is 20.3. The van der Waals surface area contributed by atoms with Crippen LogP contribution in [0.25, 0.3) is 0 Å². The van der Waals surface area contributed by atoms with Gasteiger partial charge in [-0.2, -0.15) is 0 Å². The Hall–Kier alpha value is -3.17. The molecule has 1 aliphatic rings. The molecule has 1 aliphatic heterocycles. The number of aliphatic hydroxyl groups is 1. The Morgan fingerprint density at radius 2 is 1.81 bits per heavy atom. The topological polar surface area (TPSA) is 84.9 Å². The first-order valence-electron chi connectivity index (χ1n) is 11.6. The number of nitrogens with zero attached hydrogens (tertiary/aromatic N) is 2. The average molecular weight is 545 g/mol. The normalized spacial score (nSPS) is 18.9. The molecule has 3 unspecified atom stereocenters. The van der Waals surface area contributed by atoms with Gasteiger partial charge in [-0.3, -0.25) is 9.59 Å². The minimum atomic E-state index is -0.924. The van der Waals surface area contributed by atoms with E-state index in [0.29, 0.717) is 16.3 Å². The van der Waals surface area contributed by atoms with Crippen molar-refractivity contribution in [1.82, 2.24) is 10.2 Å². The van der Waals surface area contributed by atoms with Gasteiger partial charge in [0, 0.05) is 48.5 Å². The average Bonchev–Trinajstić information content (AvgIpc) is 3.31. The van der Waals surface area contributed by atoms with Crippen molar-refractivity contribution in [2.75, 3.05) is 37.6 Å². The van der Waals surface area contributed by atoms with Gasteiger partial charge in [-0.05, 0) is 48.0 Å². The molecular formula is C27H27Cl2FN4O3. The maximum Gasteiger partial charge on any atom is 0.256 e. The van der Waals surface area contributed by atoms with Crippen LogP contribution >= 0.6 is 23.2 Å². The molecule has 3 aromatic rings. The molecule has 0 radical (unpaired) electrons. The third kappa shape index (κ3) is 5.72. The van der Waals surface area contributed by atoms with E-state index in [9.17, 15) is 14.7 Å². The summed E-state index contributed by atoms with van der Waals surface area (Å²) >= 11 is 12.1. The van der Waals surface area contributed by atoms with Gasteiger partial charge < -0.3 is 25.5 Å². The number of hydrogen-bond acceptors (Lipinski definition) is 5. The van der Waals surface area contributed by atoms with E-state index in [-0.39, 0.29) is 17.1 Å². The molecule has 2 amide bonds. The highest BCUT2D eigenvalue weighted by Gasteiger charge is 2.46. The predicted molar refractivity (Wildman–Crippen MR) is 144 cm³/mol. The largest absolute Gasteiger partial charge is 0.378 e. The highest BCUT2D eigenvalue weighted by Crippen LogP contribution is 2.36. The van der Waals surface area contributed by atoms with Crippen LogP contribution in [-0.2, 0) is 4.79 Å². The zero-order valence-corrected chi connectivity index (χ0v) is 21.8. The van der Waals surface area contributed by atoms with E-state index in [1.807, 2.05) is 25.1 Å². The quantitative estimate of drug-likeness (QED) is 0.385. The van der Waals surface area contributed by atoms with E-state index in [2.05, 4.69) is 10.6 Å². The van der Waals surface area contributed by atoms with E-state index in [4.69, 9.17) is 23.2 Å². The number of halogens is 3. The second kappa shape index (κ2) is 11.5. The summed E-state index contributed by atoms with van der Waals surface area (Å²) in [5, 5.41) is 16.6. The number of anilines is 2. The molecular weight excluding hydrogens is 518 g/mol. The number of benzene rings is 3. The molecule has 0 spiro atoms. The summed E-state index contributed by atoms with van der Waals surface area (Å²) in [6.45, 7) is -0.484. The molecule has 1 heterocycles. The molecule has 7 nitrogen and oxygen atoms in total. The molecule has 10 heteroatoms. The smallest absolute Gasteiger partial charge is 0.256 e. The maximum absolute atomic E-state index is 15.3. The molecule has 1 saturated heterocycles. The van der Waals surface area contributed by atoms with Gasteiger partial charge in [0.2, 0.25) is 5.91 Å². The van der Waals surface area contributed by atoms with Crippen LogP contribution in [0.1, 0.15) is 21.8 Å². The fraction of sp³-hybridized carbons (Fsp3) is 0.259. The van der Waals surface area contributed by atoms with Crippen LogP contribution in [-0.4, -0.2) is 61.3 Å². The highest BCUT2D eigenvalue weighted by atomic mass is 35.5. The van der Waals surface area contributed by atoms with E-state index in [1.165, 1.54) is 17.0 Å². The molecule has 3 atom stereocenters. The Morgan fingerprint density at radius 1 is 1.08 bits per heavy atom. The Morgan fingerprint density at radius 3 is 2.51 bits per heavy atom. The predicted octanol–water partition coefficient (Wildman–Crippen LogP) is 4.35. The molecule has 0 saturated carbocycles. The molecule has 37 heavy (non-hydrogen) atoms. The lowest BCUT2D eigenvalue weighted by atomic mass is 9.86. The Balaban J connectivity index is 1.71. The summed E-state index contributed by atoms with van der Waals surface area (Å²) in [6.07, 6.45) is 0. The second-order valence-corrected chi connectivity index (χ2v) is 9.83. The van der Waals surface area contributed by atoms with Crippen LogP contribution in [0.5, 0.6) is 0 Å². The summed E-state index contributed by atoms with van der Waals surface area (Å²) in [6, 6.07) is 16.5. The number of amides is 2. The van der Waals surface area contributed by atoms with Gasteiger partial charge in [-0.25, -0.2) is 4.39 Å². The van der Waals surface area contributed by atoms with Crippen LogP contribution in [0.15, 0.2) is 66.7 Å². The van der Waals surface area contributed by atoms with Crippen LogP contribution in [0, 0.1) is 5.82 Å². The Kier molecular flexibility index (Phi) is 8.34.